The molecule has 2 aromatic rings. The molecule has 5 nitrogen and oxygen atoms in total. The molecule has 0 atom stereocenters. The quantitative estimate of drug-likeness (QED) is 0.927. The van der Waals surface area contributed by atoms with E-state index < -0.39 is 5.97 Å². The number of carboxylic acid groups (broad SMARTS) is 1. The topological polar surface area (TPSA) is 64.3 Å². The molecule has 0 radical (unpaired) electrons. The van der Waals surface area contributed by atoms with Crippen LogP contribution in [-0.2, 0) is 0 Å². The monoisotopic (exact) mass is 266 g/mol. The average Bonchev–Trinajstić information content (AvgIpc) is 2.71. The predicted octanol–water partition coefficient (Wildman–Crippen LogP) is 2.54. The minimum absolute atomic E-state index is 0.000518. The molecule has 2 rings (SSSR count). The molecule has 1 heterocycles. The summed E-state index contributed by atoms with van der Waals surface area (Å²) in [5, 5.41) is 9.34. The van der Waals surface area contributed by atoms with Gasteiger partial charge in [-0.15, -0.1) is 0 Å². The summed E-state index contributed by atoms with van der Waals surface area (Å²) >= 11 is 6.03. The first-order valence-electron chi connectivity index (χ1n) is 5.16. The number of aromatic nitrogens is 2. The molecule has 0 fully saturated rings. The van der Waals surface area contributed by atoms with Crippen LogP contribution in [0.1, 0.15) is 16.3 Å². The highest BCUT2D eigenvalue weighted by molar-refractivity contribution is 6.32. The number of halogens is 1. The summed E-state index contributed by atoms with van der Waals surface area (Å²) in [5.74, 6) is 0.0849. The van der Waals surface area contributed by atoms with E-state index in [2.05, 4.69) is 4.98 Å². The number of aromatic carboxylic acids is 1. The molecule has 0 aliphatic carbocycles. The molecular weight excluding hydrogens is 256 g/mol. The lowest BCUT2D eigenvalue weighted by Gasteiger charge is -2.07. The maximum absolute atomic E-state index is 10.8. The first-order valence-corrected chi connectivity index (χ1v) is 5.54. The van der Waals surface area contributed by atoms with E-state index in [1.54, 1.807) is 29.7 Å². The fraction of sp³-hybridized carbons (Fsp3) is 0.167. The minimum Gasteiger partial charge on any atom is -0.495 e. The molecule has 0 amide bonds. The Hall–Kier alpha value is -2.01. The number of methoxy groups -OCH3 is 1. The Morgan fingerprint density at radius 3 is 2.72 bits per heavy atom. The smallest absolute Gasteiger partial charge is 0.356 e. The van der Waals surface area contributed by atoms with Crippen LogP contribution in [0.15, 0.2) is 24.4 Å². The molecule has 1 aromatic carbocycles. The zero-order valence-electron chi connectivity index (χ0n) is 9.85. The van der Waals surface area contributed by atoms with Gasteiger partial charge in [-0.1, -0.05) is 11.6 Å². The van der Waals surface area contributed by atoms with Crippen molar-refractivity contribution in [3.63, 3.8) is 0 Å². The summed E-state index contributed by atoms with van der Waals surface area (Å²) in [7, 11) is 1.53. The van der Waals surface area contributed by atoms with E-state index in [1.165, 1.54) is 13.3 Å². The number of nitrogens with zero attached hydrogens (tertiary/aromatic N) is 2. The van der Waals surface area contributed by atoms with Gasteiger partial charge in [0, 0.05) is 11.9 Å². The number of rotatable bonds is 3. The summed E-state index contributed by atoms with van der Waals surface area (Å²) in [4.78, 5) is 14.8. The van der Waals surface area contributed by atoms with Crippen molar-refractivity contribution in [1.82, 2.24) is 9.55 Å². The summed E-state index contributed by atoms with van der Waals surface area (Å²) < 4.78 is 6.72. The van der Waals surface area contributed by atoms with Crippen molar-refractivity contribution in [1.29, 1.82) is 0 Å². The molecule has 1 N–H and O–H groups in total. The minimum atomic E-state index is -1.06. The number of carboxylic acids is 1. The van der Waals surface area contributed by atoms with Gasteiger partial charge in [-0.25, -0.2) is 9.78 Å². The summed E-state index contributed by atoms with van der Waals surface area (Å²) in [6.07, 6.45) is 1.45. The molecular formula is C12H11ClN2O3. The van der Waals surface area contributed by atoms with E-state index in [0.717, 1.165) is 5.69 Å². The lowest BCUT2D eigenvalue weighted by atomic mass is 10.3. The second-order valence-electron chi connectivity index (χ2n) is 3.67. The fourth-order valence-corrected chi connectivity index (χ4v) is 1.89. The molecule has 0 bridgehead atoms. The summed E-state index contributed by atoms with van der Waals surface area (Å²) in [5.41, 5.74) is 0.734. The van der Waals surface area contributed by atoms with Crippen LogP contribution >= 0.6 is 11.6 Å². The van der Waals surface area contributed by atoms with Gasteiger partial charge in [-0.2, -0.15) is 0 Å². The predicted molar refractivity (Wildman–Crippen MR) is 66.8 cm³/mol. The first kappa shape index (κ1) is 12.4. The number of ether oxygens (including phenoxy) is 1. The van der Waals surface area contributed by atoms with E-state index >= 15 is 0 Å². The van der Waals surface area contributed by atoms with Crippen LogP contribution in [0.3, 0.4) is 0 Å². The SMILES string of the molecule is COc1ccc(-n2cc(C(=O)O)nc2C)cc1Cl. The van der Waals surface area contributed by atoms with Crippen molar-refractivity contribution < 1.29 is 14.6 Å². The molecule has 1 aromatic heterocycles. The Balaban J connectivity index is 2.48. The zero-order chi connectivity index (χ0) is 13.3. The van der Waals surface area contributed by atoms with Crippen molar-refractivity contribution in [2.24, 2.45) is 0 Å². The number of hydrogen-bond acceptors (Lipinski definition) is 3. The third-order valence-electron chi connectivity index (χ3n) is 2.51. The molecule has 6 heteroatoms. The molecule has 0 aliphatic rings. The van der Waals surface area contributed by atoms with Gasteiger partial charge in [-0.05, 0) is 25.1 Å². The number of carbonyl (C=O) groups is 1. The highest BCUT2D eigenvalue weighted by Gasteiger charge is 2.12. The Labute approximate surface area is 109 Å². The average molecular weight is 267 g/mol. The van der Waals surface area contributed by atoms with Crippen molar-refractivity contribution in [2.75, 3.05) is 7.11 Å². The highest BCUT2D eigenvalue weighted by atomic mass is 35.5. The van der Waals surface area contributed by atoms with E-state index in [4.69, 9.17) is 21.4 Å². The van der Waals surface area contributed by atoms with Crippen LogP contribution in [0.5, 0.6) is 5.75 Å². The Bertz CT molecular complexity index is 607. The van der Waals surface area contributed by atoms with Gasteiger partial charge in [0.25, 0.3) is 0 Å². The van der Waals surface area contributed by atoms with Crippen molar-refractivity contribution >= 4 is 17.6 Å². The second-order valence-corrected chi connectivity index (χ2v) is 4.07. The molecule has 0 saturated carbocycles. The standard InChI is InChI=1S/C12H11ClN2O3/c1-7-14-10(12(16)17)6-15(7)8-3-4-11(18-2)9(13)5-8/h3-6H,1-2H3,(H,16,17). The second kappa shape index (κ2) is 4.70. The highest BCUT2D eigenvalue weighted by Crippen LogP contribution is 2.27. The van der Waals surface area contributed by atoms with Crippen molar-refractivity contribution in [3.8, 4) is 11.4 Å². The van der Waals surface area contributed by atoms with Gasteiger partial charge >= 0.3 is 5.97 Å². The van der Waals surface area contributed by atoms with Gasteiger partial charge in [0.05, 0.1) is 12.1 Å². The number of imidazole rings is 1. The van der Waals surface area contributed by atoms with Crippen LogP contribution in [-0.4, -0.2) is 27.7 Å². The summed E-state index contributed by atoms with van der Waals surface area (Å²) in [6, 6.07) is 5.20. The number of hydrogen-bond donors (Lipinski definition) is 1. The van der Waals surface area contributed by atoms with Gasteiger partial charge in [-0.3, -0.25) is 0 Å². The molecule has 0 aliphatic heterocycles. The summed E-state index contributed by atoms with van der Waals surface area (Å²) in [6.45, 7) is 1.73. The molecule has 94 valence electrons. The fourth-order valence-electron chi connectivity index (χ4n) is 1.64. The van der Waals surface area contributed by atoms with Crippen LogP contribution in [0.25, 0.3) is 5.69 Å². The Morgan fingerprint density at radius 1 is 1.50 bits per heavy atom. The normalized spacial score (nSPS) is 10.4. The van der Waals surface area contributed by atoms with Crippen molar-refractivity contribution in [2.45, 2.75) is 6.92 Å². The van der Waals surface area contributed by atoms with E-state index in [1.807, 2.05) is 0 Å². The first-order chi connectivity index (χ1) is 8.52. The molecule has 18 heavy (non-hydrogen) atoms. The van der Waals surface area contributed by atoms with E-state index in [0.29, 0.717) is 16.6 Å². The van der Waals surface area contributed by atoms with Crippen LogP contribution in [0, 0.1) is 6.92 Å². The molecule has 0 unspecified atom stereocenters. The van der Waals surface area contributed by atoms with Gasteiger partial charge < -0.3 is 14.4 Å². The molecule has 0 saturated heterocycles. The number of aryl methyl sites for hydroxylation is 1. The lowest BCUT2D eigenvalue weighted by molar-refractivity contribution is 0.0691. The third-order valence-corrected chi connectivity index (χ3v) is 2.81. The Kier molecular flexibility index (Phi) is 3.25. The maximum Gasteiger partial charge on any atom is 0.356 e. The van der Waals surface area contributed by atoms with Gasteiger partial charge in [0.2, 0.25) is 0 Å². The lowest BCUT2D eigenvalue weighted by Crippen LogP contribution is -1.96. The number of benzene rings is 1. The molecule has 0 spiro atoms. The van der Waals surface area contributed by atoms with E-state index in [-0.39, 0.29) is 5.69 Å². The van der Waals surface area contributed by atoms with Crippen LogP contribution < -0.4 is 4.74 Å². The largest absolute Gasteiger partial charge is 0.495 e. The third kappa shape index (κ3) is 2.17. The van der Waals surface area contributed by atoms with Crippen LogP contribution in [0.4, 0.5) is 0 Å². The Morgan fingerprint density at radius 2 is 2.22 bits per heavy atom. The maximum atomic E-state index is 10.8. The van der Waals surface area contributed by atoms with Crippen LogP contribution in [0.2, 0.25) is 5.02 Å². The van der Waals surface area contributed by atoms with Gasteiger partial charge in [0.1, 0.15) is 11.6 Å². The van der Waals surface area contributed by atoms with Crippen molar-refractivity contribution in [3.05, 3.63) is 40.9 Å². The van der Waals surface area contributed by atoms with Gasteiger partial charge in [0.15, 0.2) is 5.69 Å². The zero-order valence-corrected chi connectivity index (χ0v) is 10.6. The van der Waals surface area contributed by atoms with E-state index in [9.17, 15) is 4.79 Å².